The highest BCUT2D eigenvalue weighted by molar-refractivity contribution is 6.02. The summed E-state index contributed by atoms with van der Waals surface area (Å²) in [5.74, 6) is 1.70. The first kappa shape index (κ1) is 15.6. The molecule has 0 amide bonds. The Kier molecular flexibility index (Phi) is 3.19. The Morgan fingerprint density at radius 1 is 1.22 bits per heavy atom. The zero-order valence-corrected chi connectivity index (χ0v) is 15.0. The number of nitrogens with zero attached hydrogens (tertiary/aromatic N) is 4. The van der Waals surface area contributed by atoms with E-state index in [2.05, 4.69) is 25.0 Å². The van der Waals surface area contributed by atoms with Crippen LogP contribution in [0.4, 0.5) is 5.82 Å². The summed E-state index contributed by atoms with van der Waals surface area (Å²) in [5, 5.41) is 19.6. The van der Waals surface area contributed by atoms with Gasteiger partial charge in [-0.2, -0.15) is 0 Å². The van der Waals surface area contributed by atoms with Crippen molar-refractivity contribution in [2.75, 3.05) is 18.8 Å². The van der Waals surface area contributed by atoms with E-state index in [1.807, 2.05) is 0 Å². The van der Waals surface area contributed by atoms with Crippen molar-refractivity contribution in [2.45, 2.75) is 50.2 Å². The van der Waals surface area contributed by atoms with E-state index in [9.17, 15) is 5.11 Å². The smallest absolute Gasteiger partial charge is 0.146 e. The molecule has 6 rings (SSSR count). The average molecular weight is 366 g/mol. The van der Waals surface area contributed by atoms with Gasteiger partial charge in [0.25, 0.3) is 0 Å². The summed E-state index contributed by atoms with van der Waals surface area (Å²) in [7, 11) is 0. The van der Waals surface area contributed by atoms with Gasteiger partial charge in [0.1, 0.15) is 29.2 Å². The van der Waals surface area contributed by atoms with Crippen LogP contribution in [0, 0.1) is 0 Å². The second-order valence-electron chi connectivity index (χ2n) is 7.93. The summed E-state index contributed by atoms with van der Waals surface area (Å²) in [4.78, 5) is 8.84. The zero-order chi connectivity index (χ0) is 18.1. The number of nitrogen functional groups attached to an aromatic ring is 1. The normalized spacial score (nSPS) is 24.8. The Morgan fingerprint density at radius 2 is 2.11 bits per heavy atom. The zero-order valence-electron chi connectivity index (χ0n) is 15.0. The monoisotopic (exact) mass is 366 g/mol. The first-order valence-electron chi connectivity index (χ1n) is 9.76. The molecular weight excluding hydrogens is 344 g/mol. The molecule has 2 fully saturated rings. The molecule has 0 radical (unpaired) electrons. The molecule has 4 N–H and O–H groups in total. The summed E-state index contributed by atoms with van der Waals surface area (Å²) in [5.41, 5.74) is 10.8. The lowest BCUT2D eigenvalue weighted by atomic mass is 10.0. The number of fused-ring (bicyclic) bond motifs is 5. The van der Waals surface area contributed by atoms with Crippen LogP contribution in [-0.4, -0.2) is 37.9 Å². The summed E-state index contributed by atoms with van der Waals surface area (Å²) < 4.78 is 8.04. The molecule has 8 heteroatoms. The third-order valence-corrected chi connectivity index (χ3v) is 6.24. The van der Waals surface area contributed by atoms with E-state index >= 15 is 0 Å². The minimum Gasteiger partial charge on any atom is -0.388 e. The highest BCUT2D eigenvalue weighted by Gasteiger charge is 2.39. The fourth-order valence-electron chi connectivity index (χ4n) is 4.83. The Labute approximate surface area is 155 Å². The van der Waals surface area contributed by atoms with Crippen LogP contribution >= 0.6 is 0 Å². The third-order valence-electron chi connectivity index (χ3n) is 6.24. The number of aliphatic hydroxyl groups excluding tert-OH is 1. The van der Waals surface area contributed by atoms with Crippen molar-refractivity contribution in [3.05, 3.63) is 23.3 Å². The number of hydrogen-bond acceptors (Lipinski definition) is 7. The molecule has 3 aromatic rings. The molecule has 0 spiro atoms. The number of rotatable bonds is 2. The minimum atomic E-state index is -0.565. The van der Waals surface area contributed by atoms with Gasteiger partial charge in [-0.1, -0.05) is 5.16 Å². The van der Waals surface area contributed by atoms with Gasteiger partial charge in [0, 0.05) is 29.8 Å². The highest BCUT2D eigenvalue weighted by Crippen LogP contribution is 2.50. The number of nitrogens with two attached hydrogens (primary N) is 1. The topological polar surface area (TPSA) is 115 Å². The summed E-state index contributed by atoms with van der Waals surface area (Å²) in [6.45, 7) is 1.89. The maximum atomic E-state index is 10.9. The van der Waals surface area contributed by atoms with Gasteiger partial charge >= 0.3 is 0 Å². The fraction of sp³-hybridized carbons (Fsp3) is 0.526. The predicted molar refractivity (Wildman–Crippen MR) is 99.2 cm³/mol. The predicted octanol–water partition coefficient (Wildman–Crippen LogP) is 2.06. The SMILES string of the molecule is Nc1ncnc2c1c1c(n2C2CCNC2)CC[C@@H](O)c2c-1noc2C1CC1. The Hall–Kier alpha value is -2.45. The first-order valence-corrected chi connectivity index (χ1v) is 9.76. The lowest BCUT2D eigenvalue weighted by Crippen LogP contribution is -2.16. The molecule has 140 valence electrons. The summed E-state index contributed by atoms with van der Waals surface area (Å²) >= 11 is 0. The largest absolute Gasteiger partial charge is 0.388 e. The maximum absolute atomic E-state index is 10.9. The molecule has 0 bridgehead atoms. The van der Waals surface area contributed by atoms with Crippen LogP contribution in [0.5, 0.6) is 0 Å². The molecular formula is C19H22N6O2. The minimum absolute atomic E-state index is 0.319. The van der Waals surface area contributed by atoms with Gasteiger partial charge in [-0.25, -0.2) is 9.97 Å². The quantitative estimate of drug-likeness (QED) is 0.636. The van der Waals surface area contributed by atoms with Crippen molar-refractivity contribution in [2.24, 2.45) is 0 Å². The Balaban J connectivity index is 1.69. The van der Waals surface area contributed by atoms with Crippen LogP contribution in [-0.2, 0) is 6.42 Å². The molecule has 8 nitrogen and oxygen atoms in total. The third kappa shape index (κ3) is 2.14. The average Bonchev–Trinajstić information content (AvgIpc) is 3.11. The van der Waals surface area contributed by atoms with Gasteiger partial charge in [-0.05, 0) is 38.6 Å². The van der Waals surface area contributed by atoms with Gasteiger partial charge in [0.15, 0.2) is 0 Å². The van der Waals surface area contributed by atoms with Crippen LogP contribution < -0.4 is 11.1 Å². The second-order valence-corrected chi connectivity index (χ2v) is 7.93. The lowest BCUT2D eigenvalue weighted by Gasteiger charge is -2.17. The molecule has 1 unspecified atom stereocenters. The highest BCUT2D eigenvalue weighted by atomic mass is 16.5. The number of aromatic nitrogens is 4. The van der Waals surface area contributed by atoms with E-state index in [-0.39, 0.29) is 0 Å². The summed E-state index contributed by atoms with van der Waals surface area (Å²) in [6, 6.07) is 0.319. The van der Waals surface area contributed by atoms with Crippen molar-refractivity contribution in [3.63, 3.8) is 0 Å². The lowest BCUT2D eigenvalue weighted by molar-refractivity contribution is 0.165. The van der Waals surface area contributed by atoms with Gasteiger partial charge in [0.2, 0.25) is 0 Å². The van der Waals surface area contributed by atoms with E-state index in [4.69, 9.17) is 10.3 Å². The van der Waals surface area contributed by atoms with Crippen molar-refractivity contribution in [1.29, 1.82) is 0 Å². The number of anilines is 1. The maximum Gasteiger partial charge on any atom is 0.146 e. The van der Waals surface area contributed by atoms with Crippen molar-refractivity contribution < 1.29 is 9.63 Å². The Morgan fingerprint density at radius 3 is 2.89 bits per heavy atom. The molecule has 27 heavy (non-hydrogen) atoms. The molecule has 2 aliphatic carbocycles. The van der Waals surface area contributed by atoms with E-state index in [0.29, 0.717) is 24.2 Å². The van der Waals surface area contributed by atoms with Crippen LogP contribution in [0.1, 0.15) is 60.8 Å². The van der Waals surface area contributed by atoms with Crippen LogP contribution in [0.25, 0.3) is 22.3 Å². The number of nitrogens with one attached hydrogen (secondary N) is 1. The fourth-order valence-corrected chi connectivity index (χ4v) is 4.83. The van der Waals surface area contributed by atoms with Gasteiger partial charge in [0.05, 0.1) is 17.1 Å². The molecule has 3 aromatic heterocycles. The van der Waals surface area contributed by atoms with Gasteiger partial charge in [-0.3, -0.25) is 0 Å². The van der Waals surface area contributed by atoms with Crippen LogP contribution in [0.15, 0.2) is 10.9 Å². The standard InChI is InChI=1S/C19H22N6O2/c20-18-15-13-11(25(10-5-6-21-7-10)19(15)23-8-22-18)3-4-12(26)14-16(13)24-27-17(14)9-1-2-9/h8-10,12,21,26H,1-7H2,(H2,20,22,23)/t10?,12-/m1/s1. The van der Waals surface area contributed by atoms with E-state index in [1.54, 1.807) is 0 Å². The molecule has 4 heterocycles. The Bertz CT molecular complexity index is 1040. The van der Waals surface area contributed by atoms with Gasteiger partial charge < -0.3 is 25.2 Å². The van der Waals surface area contributed by atoms with Crippen molar-refractivity contribution in [3.8, 4) is 11.3 Å². The summed E-state index contributed by atoms with van der Waals surface area (Å²) in [6.07, 6.45) is 5.61. The molecule has 3 aliphatic rings. The van der Waals surface area contributed by atoms with E-state index in [0.717, 1.165) is 78.1 Å². The van der Waals surface area contributed by atoms with Crippen LogP contribution in [0.3, 0.4) is 0 Å². The molecule has 2 atom stereocenters. The molecule has 1 saturated carbocycles. The second kappa shape index (κ2) is 5.53. The molecule has 1 saturated heterocycles. The molecule has 0 aromatic carbocycles. The van der Waals surface area contributed by atoms with E-state index < -0.39 is 6.10 Å². The van der Waals surface area contributed by atoms with Gasteiger partial charge in [-0.15, -0.1) is 0 Å². The van der Waals surface area contributed by atoms with Crippen molar-refractivity contribution >= 4 is 16.9 Å². The first-order chi connectivity index (χ1) is 13.2. The number of hydrogen-bond donors (Lipinski definition) is 3. The van der Waals surface area contributed by atoms with Crippen LogP contribution in [0.2, 0.25) is 0 Å². The molecule has 1 aliphatic heterocycles. The number of aliphatic hydroxyl groups is 1. The van der Waals surface area contributed by atoms with E-state index in [1.165, 1.54) is 6.33 Å². The van der Waals surface area contributed by atoms with Crippen molar-refractivity contribution in [1.82, 2.24) is 25.0 Å².